The molecule has 0 heterocycles. The van der Waals surface area contributed by atoms with Crippen LogP contribution in [-0.2, 0) is 9.53 Å². The van der Waals surface area contributed by atoms with Crippen molar-refractivity contribution in [3.63, 3.8) is 0 Å². The van der Waals surface area contributed by atoms with Crippen LogP contribution in [0.3, 0.4) is 0 Å². The maximum absolute atomic E-state index is 10.8. The molecule has 0 saturated heterocycles. The summed E-state index contributed by atoms with van der Waals surface area (Å²) in [5.74, 6) is -1.34. The van der Waals surface area contributed by atoms with Gasteiger partial charge in [-0.1, -0.05) is 15.9 Å². The molecule has 5 nitrogen and oxygen atoms in total. The first kappa shape index (κ1) is 11.1. The number of aliphatic hydroxyl groups excluding tert-OH is 1. The van der Waals surface area contributed by atoms with Gasteiger partial charge in [-0.15, -0.1) is 4.91 Å². The number of nitrogens with zero attached hydrogens (tertiary/aromatic N) is 1. The second kappa shape index (κ2) is 5.70. The highest BCUT2D eigenvalue weighted by Crippen LogP contribution is 2.07. The molecular weight excluding hydrogens is 230 g/mol. The molecule has 0 fully saturated rings. The molecule has 0 unspecified atom stereocenters. The van der Waals surface area contributed by atoms with Crippen LogP contribution in [0.4, 0.5) is 0 Å². The molecule has 0 aliphatic carbocycles. The van der Waals surface area contributed by atoms with E-state index >= 15 is 0 Å². The van der Waals surface area contributed by atoms with Crippen LogP contribution in [0.1, 0.15) is 6.92 Å². The zero-order valence-electron chi connectivity index (χ0n) is 6.41. The van der Waals surface area contributed by atoms with Gasteiger partial charge in [-0.2, -0.15) is 0 Å². The van der Waals surface area contributed by atoms with Gasteiger partial charge in [0.15, 0.2) is 0 Å². The van der Waals surface area contributed by atoms with Gasteiger partial charge in [0.25, 0.3) is 0 Å². The van der Waals surface area contributed by atoms with Crippen LogP contribution in [-0.4, -0.2) is 23.0 Å². The number of alkyl halides is 1. The Morgan fingerprint density at radius 3 is 2.58 bits per heavy atom. The lowest BCUT2D eigenvalue weighted by molar-refractivity contribution is -0.138. The molecular formula is C6H8BrNO4. The summed E-state index contributed by atoms with van der Waals surface area (Å²) in [5, 5.41) is 11.3. The third-order valence-electron chi connectivity index (χ3n) is 0.960. The molecule has 0 aromatic carbocycles. The van der Waals surface area contributed by atoms with Crippen molar-refractivity contribution in [1.29, 1.82) is 0 Å². The normalized spacial score (nSPS) is 11.8. The second-order valence-corrected chi connectivity index (χ2v) is 2.30. The van der Waals surface area contributed by atoms with Crippen molar-refractivity contribution in [1.82, 2.24) is 0 Å². The van der Waals surface area contributed by atoms with E-state index in [9.17, 15) is 9.70 Å². The van der Waals surface area contributed by atoms with Gasteiger partial charge in [-0.05, 0) is 12.1 Å². The van der Waals surface area contributed by atoms with Crippen LogP contribution in [0, 0.1) is 4.91 Å². The van der Waals surface area contributed by atoms with Crippen molar-refractivity contribution >= 4 is 21.9 Å². The highest BCUT2D eigenvalue weighted by Gasteiger charge is 2.16. The fraction of sp³-hybridized carbons (Fsp3) is 0.500. The number of halogens is 1. The fourth-order valence-electron chi connectivity index (χ4n) is 0.471. The minimum Gasteiger partial charge on any atom is -0.509 e. The highest BCUT2D eigenvalue weighted by molar-refractivity contribution is 9.09. The van der Waals surface area contributed by atoms with Gasteiger partial charge in [-0.25, -0.2) is 4.79 Å². The first-order chi connectivity index (χ1) is 5.67. The Kier molecular flexibility index (Phi) is 5.27. The highest BCUT2D eigenvalue weighted by atomic mass is 79.9. The van der Waals surface area contributed by atoms with Gasteiger partial charge >= 0.3 is 5.97 Å². The van der Waals surface area contributed by atoms with E-state index in [-0.39, 0.29) is 11.9 Å². The Morgan fingerprint density at radius 1 is 1.67 bits per heavy atom. The Bertz CT molecular complexity index is 214. The molecule has 1 N–H and O–H groups in total. The number of nitroso groups, excluding NO2 is 1. The van der Waals surface area contributed by atoms with Crippen LogP contribution in [0.15, 0.2) is 16.6 Å². The molecule has 12 heavy (non-hydrogen) atoms. The SMILES string of the molecule is CCOC(=O)C(N=O)=C(O)CBr. The number of rotatable bonds is 4. The molecule has 0 amide bonds. The van der Waals surface area contributed by atoms with E-state index in [0.29, 0.717) is 0 Å². The van der Waals surface area contributed by atoms with Gasteiger partial charge < -0.3 is 9.84 Å². The predicted molar refractivity (Wildman–Crippen MR) is 45.9 cm³/mol. The Morgan fingerprint density at radius 2 is 2.25 bits per heavy atom. The summed E-state index contributed by atoms with van der Waals surface area (Å²) in [5.41, 5.74) is -0.589. The Balaban J connectivity index is 4.55. The van der Waals surface area contributed by atoms with Crippen LogP contribution >= 0.6 is 15.9 Å². The van der Waals surface area contributed by atoms with E-state index in [0.717, 1.165) is 0 Å². The van der Waals surface area contributed by atoms with E-state index < -0.39 is 17.4 Å². The number of hydrogen-bond donors (Lipinski definition) is 1. The number of carbonyl (C=O) groups is 1. The number of hydrogen-bond acceptors (Lipinski definition) is 5. The van der Waals surface area contributed by atoms with Crippen molar-refractivity contribution in [2.75, 3.05) is 11.9 Å². The third-order valence-corrected chi connectivity index (χ3v) is 1.49. The summed E-state index contributed by atoms with van der Waals surface area (Å²) in [7, 11) is 0. The van der Waals surface area contributed by atoms with Crippen molar-refractivity contribution < 1.29 is 14.6 Å². The standard InChI is InChI=1S/C6H8BrNO4/c1-2-12-6(10)5(8-11)4(9)3-7/h9H,2-3H2,1H3. The number of aliphatic hydroxyl groups is 1. The summed E-state index contributed by atoms with van der Waals surface area (Å²) in [6.45, 7) is 1.72. The van der Waals surface area contributed by atoms with E-state index in [1.807, 2.05) is 0 Å². The minimum atomic E-state index is -0.913. The second-order valence-electron chi connectivity index (χ2n) is 1.74. The molecule has 0 aromatic rings. The molecule has 0 bridgehead atoms. The van der Waals surface area contributed by atoms with Gasteiger partial charge in [0, 0.05) is 0 Å². The van der Waals surface area contributed by atoms with E-state index in [1.165, 1.54) is 0 Å². The maximum atomic E-state index is 10.8. The summed E-state index contributed by atoms with van der Waals surface area (Å²) >= 11 is 2.86. The molecule has 0 aromatic heterocycles. The predicted octanol–water partition coefficient (Wildman–Crippen LogP) is 1.48. The third kappa shape index (κ3) is 3.00. The van der Waals surface area contributed by atoms with E-state index in [2.05, 4.69) is 25.8 Å². The lowest BCUT2D eigenvalue weighted by atomic mass is 10.4. The molecule has 0 radical (unpaired) electrons. The molecule has 0 spiro atoms. The first-order valence-corrected chi connectivity index (χ1v) is 4.28. The fourth-order valence-corrected chi connectivity index (χ4v) is 0.736. The van der Waals surface area contributed by atoms with Crippen LogP contribution in [0.5, 0.6) is 0 Å². The maximum Gasteiger partial charge on any atom is 0.364 e. The van der Waals surface area contributed by atoms with Crippen LogP contribution < -0.4 is 0 Å². The van der Waals surface area contributed by atoms with Crippen LogP contribution in [0.25, 0.3) is 0 Å². The summed E-state index contributed by atoms with van der Waals surface area (Å²) in [6, 6.07) is 0. The van der Waals surface area contributed by atoms with E-state index in [1.54, 1.807) is 6.92 Å². The summed E-state index contributed by atoms with van der Waals surface area (Å²) in [6.07, 6.45) is 0. The van der Waals surface area contributed by atoms with E-state index in [4.69, 9.17) is 5.11 Å². The average molecular weight is 238 g/mol. The van der Waals surface area contributed by atoms with Gasteiger partial charge in [0.2, 0.25) is 5.70 Å². The Hall–Kier alpha value is -0.910. The molecule has 6 heteroatoms. The average Bonchev–Trinajstić information content (AvgIpc) is 2.06. The molecule has 0 aliphatic rings. The molecule has 0 atom stereocenters. The monoisotopic (exact) mass is 237 g/mol. The Labute approximate surface area is 77.5 Å². The molecule has 0 aliphatic heterocycles. The smallest absolute Gasteiger partial charge is 0.364 e. The van der Waals surface area contributed by atoms with Crippen molar-refractivity contribution in [2.24, 2.45) is 5.18 Å². The minimum absolute atomic E-state index is 0.00706. The quantitative estimate of drug-likeness (QED) is 0.264. The molecule has 0 rings (SSSR count). The zero-order valence-corrected chi connectivity index (χ0v) is 8.00. The molecule has 0 saturated carbocycles. The number of allylic oxidation sites excluding steroid dienone is 1. The van der Waals surface area contributed by atoms with Crippen molar-refractivity contribution in [3.8, 4) is 0 Å². The van der Waals surface area contributed by atoms with Crippen molar-refractivity contribution in [3.05, 3.63) is 16.4 Å². The van der Waals surface area contributed by atoms with Crippen molar-refractivity contribution in [2.45, 2.75) is 6.92 Å². The lowest BCUT2D eigenvalue weighted by Crippen LogP contribution is -2.08. The van der Waals surface area contributed by atoms with Gasteiger partial charge in [0.05, 0.1) is 11.9 Å². The molecule has 68 valence electrons. The summed E-state index contributed by atoms with van der Waals surface area (Å²) < 4.78 is 4.45. The van der Waals surface area contributed by atoms with Gasteiger partial charge in [-0.3, -0.25) is 0 Å². The number of ether oxygens (including phenoxy) is 1. The summed E-state index contributed by atoms with van der Waals surface area (Å²) in [4.78, 5) is 20.9. The van der Waals surface area contributed by atoms with Crippen LogP contribution in [0.2, 0.25) is 0 Å². The lowest BCUT2D eigenvalue weighted by Gasteiger charge is -2.00. The largest absolute Gasteiger partial charge is 0.509 e. The first-order valence-electron chi connectivity index (χ1n) is 3.15. The van der Waals surface area contributed by atoms with Gasteiger partial charge in [0.1, 0.15) is 5.76 Å². The number of carbonyl (C=O) groups excluding carboxylic acids is 1. The zero-order chi connectivity index (χ0) is 9.56. The number of esters is 1. The topological polar surface area (TPSA) is 76.0 Å².